The van der Waals surface area contributed by atoms with Crippen LogP contribution in [-0.4, -0.2) is 29.9 Å². The molecular formula is C14H16ClN3O3. The summed E-state index contributed by atoms with van der Waals surface area (Å²) in [4.78, 5) is 12.4. The number of amides is 1. The molecule has 2 aromatic rings. The minimum absolute atomic E-state index is 0.291. The molecule has 0 aliphatic carbocycles. The van der Waals surface area contributed by atoms with Crippen LogP contribution in [0.5, 0.6) is 11.5 Å². The molecule has 0 aliphatic heterocycles. The van der Waals surface area contributed by atoms with Gasteiger partial charge in [0.2, 0.25) is 0 Å². The number of anilines is 1. The van der Waals surface area contributed by atoms with E-state index in [-0.39, 0.29) is 5.91 Å². The molecule has 6 nitrogen and oxygen atoms in total. The van der Waals surface area contributed by atoms with Crippen LogP contribution in [0.3, 0.4) is 0 Å². The first-order valence-electron chi connectivity index (χ1n) is 6.20. The lowest BCUT2D eigenvalue weighted by molar-refractivity contribution is 0.101. The van der Waals surface area contributed by atoms with Gasteiger partial charge in [0.05, 0.1) is 30.6 Å². The van der Waals surface area contributed by atoms with Crippen molar-refractivity contribution in [2.75, 3.05) is 19.5 Å². The second-order valence-electron chi connectivity index (χ2n) is 4.39. The first-order valence-corrected chi connectivity index (χ1v) is 6.58. The Morgan fingerprint density at radius 1 is 1.33 bits per heavy atom. The predicted octanol–water partition coefficient (Wildman–Crippen LogP) is 2.65. The van der Waals surface area contributed by atoms with Crippen LogP contribution in [-0.2, 0) is 7.05 Å². The Hall–Kier alpha value is -2.21. The summed E-state index contributed by atoms with van der Waals surface area (Å²) in [5.41, 5.74) is 1.39. The number of rotatable bonds is 4. The van der Waals surface area contributed by atoms with Crippen molar-refractivity contribution >= 4 is 23.2 Å². The van der Waals surface area contributed by atoms with Gasteiger partial charge >= 0.3 is 0 Å². The SMILES string of the molecule is COc1ccc(OC)c(NC(=O)c2c(Cl)c(C)nn2C)c1. The van der Waals surface area contributed by atoms with Crippen LogP contribution >= 0.6 is 11.6 Å². The molecule has 1 N–H and O–H groups in total. The number of nitrogens with zero attached hydrogens (tertiary/aromatic N) is 2. The number of carbonyl (C=O) groups is 1. The maximum atomic E-state index is 12.4. The molecule has 0 aliphatic rings. The van der Waals surface area contributed by atoms with Gasteiger partial charge in [0, 0.05) is 13.1 Å². The van der Waals surface area contributed by atoms with Crippen LogP contribution in [0.25, 0.3) is 0 Å². The number of aryl methyl sites for hydroxylation is 2. The van der Waals surface area contributed by atoms with E-state index in [9.17, 15) is 4.79 Å². The molecule has 7 heteroatoms. The smallest absolute Gasteiger partial charge is 0.275 e. The monoisotopic (exact) mass is 309 g/mol. The number of methoxy groups -OCH3 is 2. The molecule has 112 valence electrons. The van der Waals surface area contributed by atoms with E-state index in [4.69, 9.17) is 21.1 Å². The van der Waals surface area contributed by atoms with Gasteiger partial charge in [0.25, 0.3) is 5.91 Å². The minimum Gasteiger partial charge on any atom is -0.497 e. The highest BCUT2D eigenvalue weighted by molar-refractivity contribution is 6.34. The Labute approximate surface area is 127 Å². The summed E-state index contributed by atoms with van der Waals surface area (Å²) >= 11 is 6.11. The van der Waals surface area contributed by atoms with Crippen LogP contribution in [0.2, 0.25) is 5.02 Å². The summed E-state index contributed by atoms with van der Waals surface area (Å²) < 4.78 is 11.8. The number of hydrogen-bond donors (Lipinski definition) is 1. The number of ether oxygens (including phenoxy) is 2. The molecule has 0 atom stereocenters. The highest BCUT2D eigenvalue weighted by Gasteiger charge is 2.20. The zero-order chi connectivity index (χ0) is 15.6. The fourth-order valence-corrected chi connectivity index (χ4v) is 2.22. The third kappa shape index (κ3) is 2.95. The van der Waals surface area contributed by atoms with Crippen LogP contribution in [0.1, 0.15) is 16.2 Å². The summed E-state index contributed by atoms with van der Waals surface area (Å²) in [6.45, 7) is 1.74. The molecule has 1 amide bonds. The molecule has 2 rings (SSSR count). The fourth-order valence-electron chi connectivity index (χ4n) is 1.97. The van der Waals surface area contributed by atoms with Crippen molar-refractivity contribution in [2.45, 2.75) is 6.92 Å². The standard InChI is InChI=1S/C14H16ClN3O3/c1-8-12(15)13(18(2)17-8)14(19)16-10-7-9(20-3)5-6-11(10)21-4/h5-7H,1-4H3,(H,16,19). The van der Waals surface area contributed by atoms with E-state index in [0.29, 0.717) is 33.6 Å². The fraction of sp³-hybridized carbons (Fsp3) is 0.286. The maximum absolute atomic E-state index is 12.4. The van der Waals surface area contributed by atoms with Crippen molar-refractivity contribution in [1.29, 1.82) is 0 Å². The minimum atomic E-state index is -0.366. The first kappa shape index (κ1) is 15.2. The summed E-state index contributed by atoms with van der Waals surface area (Å²) in [6, 6.07) is 5.13. The van der Waals surface area contributed by atoms with Gasteiger partial charge in [-0.1, -0.05) is 11.6 Å². The summed E-state index contributed by atoms with van der Waals surface area (Å²) in [7, 11) is 4.74. The van der Waals surface area contributed by atoms with Crippen molar-refractivity contribution in [3.63, 3.8) is 0 Å². The molecule has 0 radical (unpaired) electrons. The lowest BCUT2D eigenvalue weighted by Crippen LogP contribution is -2.17. The van der Waals surface area contributed by atoms with Crippen molar-refractivity contribution < 1.29 is 14.3 Å². The van der Waals surface area contributed by atoms with Gasteiger partial charge in [-0.05, 0) is 19.1 Å². The van der Waals surface area contributed by atoms with Crippen LogP contribution in [0.4, 0.5) is 5.69 Å². The molecule has 1 aromatic carbocycles. The topological polar surface area (TPSA) is 65.4 Å². The van der Waals surface area contributed by atoms with Gasteiger partial charge in [-0.25, -0.2) is 0 Å². The van der Waals surface area contributed by atoms with E-state index in [1.54, 1.807) is 39.3 Å². The number of carbonyl (C=O) groups excluding carboxylic acids is 1. The van der Waals surface area contributed by atoms with E-state index < -0.39 is 0 Å². The van der Waals surface area contributed by atoms with Gasteiger partial charge in [0.1, 0.15) is 17.2 Å². The van der Waals surface area contributed by atoms with Gasteiger partial charge in [-0.2, -0.15) is 5.10 Å². The molecule has 1 aromatic heterocycles. The number of halogens is 1. The van der Waals surface area contributed by atoms with Crippen molar-refractivity contribution in [1.82, 2.24) is 9.78 Å². The third-order valence-corrected chi connectivity index (χ3v) is 3.47. The molecular weight excluding hydrogens is 294 g/mol. The van der Waals surface area contributed by atoms with Gasteiger partial charge in [0.15, 0.2) is 0 Å². The van der Waals surface area contributed by atoms with Crippen LogP contribution < -0.4 is 14.8 Å². The summed E-state index contributed by atoms with van der Waals surface area (Å²) in [6.07, 6.45) is 0. The zero-order valence-electron chi connectivity index (χ0n) is 12.2. The number of benzene rings is 1. The Bertz CT molecular complexity index is 682. The molecule has 21 heavy (non-hydrogen) atoms. The molecule has 0 bridgehead atoms. The number of hydrogen-bond acceptors (Lipinski definition) is 4. The van der Waals surface area contributed by atoms with E-state index >= 15 is 0 Å². The van der Waals surface area contributed by atoms with Crippen LogP contribution in [0, 0.1) is 6.92 Å². The average molecular weight is 310 g/mol. The van der Waals surface area contributed by atoms with Gasteiger partial charge in [-0.3, -0.25) is 9.48 Å². The summed E-state index contributed by atoms with van der Waals surface area (Å²) in [5.74, 6) is 0.771. The first-order chi connectivity index (χ1) is 9.97. The number of nitrogens with one attached hydrogen (secondary N) is 1. The normalized spacial score (nSPS) is 10.3. The molecule has 0 fully saturated rings. The molecule has 1 heterocycles. The lowest BCUT2D eigenvalue weighted by Gasteiger charge is -2.12. The van der Waals surface area contributed by atoms with Crippen molar-refractivity contribution in [2.24, 2.45) is 7.05 Å². The van der Waals surface area contributed by atoms with Gasteiger partial charge in [-0.15, -0.1) is 0 Å². The molecule has 0 unspecified atom stereocenters. The average Bonchev–Trinajstić information content (AvgIpc) is 2.71. The van der Waals surface area contributed by atoms with Crippen LogP contribution in [0.15, 0.2) is 18.2 Å². The van der Waals surface area contributed by atoms with Crippen molar-refractivity contribution in [3.8, 4) is 11.5 Å². The van der Waals surface area contributed by atoms with Gasteiger partial charge < -0.3 is 14.8 Å². The quantitative estimate of drug-likeness (QED) is 0.943. The Balaban J connectivity index is 2.35. The Morgan fingerprint density at radius 2 is 2.05 bits per heavy atom. The Kier molecular flexibility index (Phi) is 4.37. The molecule has 0 saturated heterocycles. The second-order valence-corrected chi connectivity index (χ2v) is 4.77. The van der Waals surface area contributed by atoms with E-state index in [0.717, 1.165) is 0 Å². The van der Waals surface area contributed by atoms with Crippen molar-refractivity contribution in [3.05, 3.63) is 34.6 Å². The predicted molar refractivity (Wildman–Crippen MR) is 80.5 cm³/mol. The van der Waals surface area contributed by atoms with E-state index in [1.807, 2.05) is 0 Å². The highest BCUT2D eigenvalue weighted by atomic mass is 35.5. The lowest BCUT2D eigenvalue weighted by atomic mass is 10.2. The van der Waals surface area contributed by atoms with E-state index in [1.165, 1.54) is 11.8 Å². The largest absolute Gasteiger partial charge is 0.497 e. The third-order valence-electron chi connectivity index (χ3n) is 3.02. The number of aromatic nitrogens is 2. The second kappa shape index (κ2) is 6.05. The Morgan fingerprint density at radius 3 is 2.57 bits per heavy atom. The molecule has 0 saturated carbocycles. The maximum Gasteiger partial charge on any atom is 0.275 e. The van der Waals surface area contributed by atoms with E-state index in [2.05, 4.69) is 10.4 Å². The summed E-state index contributed by atoms with van der Waals surface area (Å²) in [5, 5.41) is 7.21. The molecule has 0 spiro atoms. The highest BCUT2D eigenvalue weighted by Crippen LogP contribution is 2.30. The zero-order valence-corrected chi connectivity index (χ0v) is 13.0.